The molecule has 0 saturated carbocycles. The third-order valence-electron chi connectivity index (χ3n) is 4.21. The molecule has 0 aliphatic rings. The molecule has 2 rings (SSSR count). The fourth-order valence-corrected chi connectivity index (χ4v) is 3.89. The number of hydrogen-bond donors (Lipinski definition) is 2. The summed E-state index contributed by atoms with van der Waals surface area (Å²) in [7, 11) is 1.70. The molecule has 0 spiro atoms. The molecule has 0 saturated heterocycles. The second-order valence-electron chi connectivity index (χ2n) is 6.24. The number of carboxylic acids is 1. The lowest BCUT2D eigenvalue weighted by Gasteiger charge is -2.23. The van der Waals surface area contributed by atoms with Gasteiger partial charge < -0.3 is 15.7 Å². The lowest BCUT2D eigenvalue weighted by Crippen LogP contribution is -2.26. The van der Waals surface area contributed by atoms with Crippen molar-refractivity contribution < 1.29 is 23.1 Å². The molecule has 0 aliphatic carbocycles. The Hall–Kier alpha value is -2.35. The van der Waals surface area contributed by atoms with Crippen LogP contribution < -0.4 is 10.6 Å². The molecule has 3 N–H and O–H groups in total. The van der Waals surface area contributed by atoms with Crippen LogP contribution in [0.2, 0.25) is 0 Å². The number of nitrogens with zero attached hydrogens (tertiary/aromatic N) is 1. The summed E-state index contributed by atoms with van der Waals surface area (Å²) in [4.78, 5) is 12.5. The van der Waals surface area contributed by atoms with E-state index < -0.39 is 29.1 Å². The van der Waals surface area contributed by atoms with Crippen LogP contribution in [0.25, 0.3) is 0 Å². The molecule has 0 aromatic heterocycles. The van der Waals surface area contributed by atoms with Gasteiger partial charge in [0.05, 0.1) is 10.6 Å². The van der Waals surface area contributed by atoms with Gasteiger partial charge in [0, 0.05) is 18.8 Å². The van der Waals surface area contributed by atoms with Crippen molar-refractivity contribution in [2.24, 2.45) is 0 Å². The molecule has 0 amide bonds. The molecule has 0 radical (unpaired) electrons. The van der Waals surface area contributed by atoms with Crippen LogP contribution in [-0.4, -0.2) is 30.4 Å². The van der Waals surface area contributed by atoms with E-state index in [9.17, 15) is 18.0 Å². The fraction of sp³-hybridized carbons (Fsp3) is 0.316. The normalized spacial score (nSPS) is 12.0. The maximum Gasteiger partial charge on any atom is 0.323 e. The molecule has 1 atom stereocenters. The summed E-state index contributed by atoms with van der Waals surface area (Å²) in [6.07, 6.45) is 0.612. The minimum Gasteiger partial charge on any atom is -0.480 e. The zero-order valence-electron chi connectivity index (χ0n) is 15.0. The van der Waals surface area contributed by atoms with Gasteiger partial charge in [0.15, 0.2) is 11.6 Å². The summed E-state index contributed by atoms with van der Waals surface area (Å²) in [6.45, 7) is 1.84. The van der Waals surface area contributed by atoms with Crippen LogP contribution in [0, 0.1) is 17.5 Å². The van der Waals surface area contributed by atoms with Crippen LogP contribution in [0.4, 0.5) is 24.5 Å². The Bertz CT molecular complexity index is 833. The van der Waals surface area contributed by atoms with Crippen LogP contribution in [0.1, 0.15) is 24.8 Å². The van der Waals surface area contributed by atoms with E-state index in [-0.39, 0.29) is 17.4 Å². The fourth-order valence-electron chi connectivity index (χ4n) is 2.78. The van der Waals surface area contributed by atoms with Crippen molar-refractivity contribution in [3.8, 4) is 0 Å². The molecule has 8 heteroatoms. The third kappa shape index (κ3) is 5.09. The standard InChI is InChI=1S/C19H21F3N2O2S/c1-11(12-5-3-4-6-15(12)24(2)10-16(25)26)7-8-27-19-14(21)9-13(20)17(22)18(19)23/h3-6,9,11H,7-8,10,23H2,1-2H3,(H,25,26). The van der Waals surface area contributed by atoms with Gasteiger partial charge >= 0.3 is 5.97 Å². The van der Waals surface area contributed by atoms with Crippen molar-refractivity contribution in [2.75, 3.05) is 30.0 Å². The van der Waals surface area contributed by atoms with Gasteiger partial charge in [0.1, 0.15) is 12.4 Å². The molecular formula is C19H21F3N2O2S. The monoisotopic (exact) mass is 398 g/mol. The molecule has 0 bridgehead atoms. The second-order valence-corrected chi connectivity index (χ2v) is 7.35. The maximum atomic E-state index is 13.9. The van der Waals surface area contributed by atoms with Gasteiger partial charge in [0.2, 0.25) is 0 Å². The van der Waals surface area contributed by atoms with E-state index in [1.165, 1.54) is 0 Å². The van der Waals surface area contributed by atoms with Crippen molar-refractivity contribution >= 4 is 29.1 Å². The van der Waals surface area contributed by atoms with Gasteiger partial charge in [-0.05, 0) is 29.7 Å². The number of nitrogens with two attached hydrogens (primary N) is 1. The van der Waals surface area contributed by atoms with Gasteiger partial charge in [0.25, 0.3) is 0 Å². The summed E-state index contributed by atoms with van der Waals surface area (Å²) in [5.41, 5.74) is 6.72. The van der Waals surface area contributed by atoms with Crippen molar-refractivity contribution in [2.45, 2.75) is 24.2 Å². The minimum atomic E-state index is -1.31. The average molecular weight is 398 g/mol. The van der Waals surface area contributed by atoms with E-state index in [0.717, 1.165) is 23.0 Å². The van der Waals surface area contributed by atoms with E-state index >= 15 is 0 Å². The quantitative estimate of drug-likeness (QED) is 0.390. The number of halogens is 3. The van der Waals surface area contributed by atoms with Crippen molar-refractivity contribution in [3.05, 3.63) is 53.3 Å². The number of aliphatic carboxylic acids is 1. The number of para-hydroxylation sites is 1. The highest BCUT2D eigenvalue weighted by atomic mass is 32.2. The Labute approximate surface area is 160 Å². The zero-order valence-corrected chi connectivity index (χ0v) is 15.8. The largest absolute Gasteiger partial charge is 0.480 e. The van der Waals surface area contributed by atoms with Gasteiger partial charge in [-0.3, -0.25) is 4.79 Å². The van der Waals surface area contributed by atoms with E-state index in [2.05, 4.69) is 0 Å². The smallest absolute Gasteiger partial charge is 0.323 e. The van der Waals surface area contributed by atoms with Crippen LogP contribution in [0.15, 0.2) is 35.2 Å². The minimum absolute atomic E-state index is 0.0412. The van der Waals surface area contributed by atoms with Gasteiger partial charge in [-0.25, -0.2) is 13.2 Å². The zero-order chi connectivity index (χ0) is 20.1. The van der Waals surface area contributed by atoms with Crippen LogP contribution in [-0.2, 0) is 4.79 Å². The first kappa shape index (κ1) is 21.0. The van der Waals surface area contributed by atoms with Crippen LogP contribution in [0.3, 0.4) is 0 Å². The molecule has 0 fully saturated rings. The SMILES string of the molecule is CC(CCSc1c(F)cc(F)c(F)c1N)c1ccccc1N(C)CC(=O)O. The van der Waals surface area contributed by atoms with E-state index in [4.69, 9.17) is 10.8 Å². The summed E-state index contributed by atoms with van der Waals surface area (Å²) >= 11 is 1.03. The van der Waals surface area contributed by atoms with Gasteiger partial charge in [-0.2, -0.15) is 0 Å². The van der Waals surface area contributed by atoms with E-state index in [1.807, 2.05) is 31.2 Å². The Balaban J connectivity index is 2.08. The molecule has 2 aromatic rings. The number of rotatable bonds is 8. The van der Waals surface area contributed by atoms with Gasteiger partial charge in [-0.1, -0.05) is 25.1 Å². The van der Waals surface area contributed by atoms with E-state index in [1.54, 1.807) is 11.9 Å². The lowest BCUT2D eigenvalue weighted by atomic mass is 9.96. The summed E-state index contributed by atoms with van der Waals surface area (Å²) < 4.78 is 40.5. The topological polar surface area (TPSA) is 66.6 Å². The molecule has 0 aliphatic heterocycles. The number of carboxylic acid groups (broad SMARTS) is 1. The third-order valence-corrected chi connectivity index (χ3v) is 5.35. The van der Waals surface area contributed by atoms with Gasteiger partial charge in [-0.15, -0.1) is 11.8 Å². The predicted octanol–water partition coefficient (Wildman–Crippen LogP) is 4.49. The number of carbonyl (C=O) groups is 1. The van der Waals surface area contributed by atoms with Crippen molar-refractivity contribution in [1.29, 1.82) is 0 Å². The maximum absolute atomic E-state index is 13.9. The van der Waals surface area contributed by atoms with Crippen molar-refractivity contribution in [3.63, 3.8) is 0 Å². The number of likely N-dealkylation sites (N-methyl/N-ethyl adjacent to an activating group) is 1. The molecular weight excluding hydrogens is 377 g/mol. The highest BCUT2D eigenvalue weighted by Gasteiger charge is 2.18. The van der Waals surface area contributed by atoms with Crippen molar-refractivity contribution in [1.82, 2.24) is 0 Å². The Morgan fingerprint density at radius 1 is 1.26 bits per heavy atom. The predicted molar refractivity (Wildman–Crippen MR) is 102 cm³/mol. The van der Waals surface area contributed by atoms with Crippen LogP contribution in [0.5, 0.6) is 0 Å². The highest BCUT2D eigenvalue weighted by molar-refractivity contribution is 7.99. The Kier molecular flexibility index (Phi) is 7.01. The number of nitrogen functional groups attached to an aromatic ring is 1. The summed E-state index contributed by atoms with van der Waals surface area (Å²) in [5, 5.41) is 8.99. The summed E-state index contributed by atoms with van der Waals surface area (Å²) in [5.74, 6) is -3.89. The van der Waals surface area contributed by atoms with Crippen LogP contribution >= 0.6 is 11.8 Å². The Morgan fingerprint density at radius 3 is 2.59 bits per heavy atom. The molecule has 4 nitrogen and oxygen atoms in total. The number of anilines is 2. The van der Waals surface area contributed by atoms with E-state index in [0.29, 0.717) is 18.2 Å². The highest BCUT2D eigenvalue weighted by Crippen LogP contribution is 2.35. The number of benzene rings is 2. The average Bonchev–Trinajstić information content (AvgIpc) is 2.62. The molecule has 1 unspecified atom stereocenters. The first-order valence-electron chi connectivity index (χ1n) is 8.30. The lowest BCUT2D eigenvalue weighted by molar-refractivity contribution is -0.135. The number of hydrogen-bond acceptors (Lipinski definition) is 4. The molecule has 27 heavy (non-hydrogen) atoms. The molecule has 2 aromatic carbocycles. The molecule has 146 valence electrons. The summed E-state index contributed by atoms with van der Waals surface area (Å²) in [6, 6.07) is 7.94. The first-order valence-corrected chi connectivity index (χ1v) is 9.28. The second kappa shape index (κ2) is 9.03. The molecule has 0 heterocycles. The Morgan fingerprint density at radius 2 is 1.93 bits per heavy atom. The first-order chi connectivity index (χ1) is 12.7. The number of thioether (sulfide) groups is 1.